The molecule has 0 aliphatic rings. The van der Waals surface area contributed by atoms with Gasteiger partial charge in [-0.3, -0.25) is 0 Å². The third kappa shape index (κ3) is 4.58. The van der Waals surface area contributed by atoms with Gasteiger partial charge in [-0.2, -0.15) is 0 Å². The molecule has 2 aromatic carbocycles. The fourth-order valence-corrected chi connectivity index (χ4v) is 2.30. The number of nitrogens with one attached hydrogen (secondary N) is 1. The second-order valence-corrected chi connectivity index (χ2v) is 5.70. The van der Waals surface area contributed by atoms with Crippen LogP contribution in [0.2, 0.25) is 0 Å². The molecule has 2 aromatic rings. The second kappa shape index (κ2) is 7.97. The molecule has 0 fully saturated rings. The molecule has 0 radical (unpaired) electrons. The van der Waals surface area contributed by atoms with Gasteiger partial charge in [-0.05, 0) is 43.5 Å². The van der Waals surface area contributed by atoms with E-state index in [9.17, 15) is 5.11 Å². The number of ether oxygens (including phenoxy) is 1. The van der Waals surface area contributed by atoms with Gasteiger partial charge in [0.05, 0.1) is 0 Å². The summed E-state index contributed by atoms with van der Waals surface area (Å²) in [5.74, 6) is 0.843. The van der Waals surface area contributed by atoms with Crippen molar-refractivity contribution in [1.29, 1.82) is 0 Å². The SMILES string of the molecule is Cc1cccc(OC[C@@H](O)CN[C@H](C)c2ccccc2)c1C. The summed E-state index contributed by atoms with van der Waals surface area (Å²) >= 11 is 0. The Labute approximate surface area is 133 Å². The zero-order chi connectivity index (χ0) is 15.9. The van der Waals surface area contributed by atoms with Gasteiger partial charge in [0.2, 0.25) is 0 Å². The normalized spacial score (nSPS) is 13.6. The number of aryl methyl sites for hydroxylation is 1. The van der Waals surface area contributed by atoms with Crippen molar-refractivity contribution in [3.05, 3.63) is 65.2 Å². The van der Waals surface area contributed by atoms with Crippen LogP contribution in [0, 0.1) is 13.8 Å². The molecule has 0 saturated carbocycles. The molecule has 0 unspecified atom stereocenters. The Morgan fingerprint density at radius 1 is 1.05 bits per heavy atom. The topological polar surface area (TPSA) is 41.5 Å². The molecule has 2 atom stereocenters. The monoisotopic (exact) mass is 299 g/mol. The van der Waals surface area contributed by atoms with Gasteiger partial charge in [0, 0.05) is 12.6 Å². The average Bonchev–Trinajstić information content (AvgIpc) is 2.54. The van der Waals surface area contributed by atoms with Gasteiger partial charge in [-0.15, -0.1) is 0 Å². The smallest absolute Gasteiger partial charge is 0.122 e. The lowest BCUT2D eigenvalue weighted by Crippen LogP contribution is -2.33. The highest BCUT2D eigenvalue weighted by Gasteiger charge is 2.10. The van der Waals surface area contributed by atoms with Crippen LogP contribution in [0.15, 0.2) is 48.5 Å². The number of hydrogen-bond acceptors (Lipinski definition) is 3. The average molecular weight is 299 g/mol. The van der Waals surface area contributed by atoms with Crippen molar-refractivity contribution >= 4 is 0 Å². The van der Waals surface area contributed by atoms with E-state index in [2.05, 4.69) is 37.4 Å². The second-order valence-electron chi connectivity index (χ2n) is 5.70. The zero-order valence-corrected chi connectivity index (χ0v) is 13.5. The van der Waals surface area contributed by atoms with Crippen molar-refractivity contribution in [3.8, 4) is 5.75 Å². The largest absolute Gasteiger partial charge is 0.491 e. The van der Waals surface area contributed by atoms with Crippen LogP contribution < -0.4 is 10.1 Å². The Balaban J connectivity index is 1.78. The lowest BCUT2D eigenvalue weighted by Gasteiger charge is -2.18. The molecule has 2 N–H and O–H groups in total. The third-order valence-corrected chi connectivity index (χ3v) is 3.95. The van der Waals surface area contributed by atoms with E-state index in [0.29, 0.717) is 13.2 Å². The minimum atomic E-state index is -0.536. The van der Waals surface area contributed by atoms with Gasteiger partial charge in [-0.1, -0.05) is 42.5 Å². The Hall–Kier alpha value is -1.84. The van der Waals surface area contributed by atoms with Crippen LogP contribution in [0.5, 0.6) is 5.75 Å². The lowest BCUT2D eigenvalue weighted by molar-refractivity contribution is 0.104. The van der Waals surface area contributed by atoms with Crippen molar-refractivity contribution in [3.63, 3.8) is 0 Å². The number of aliphatic hydroxyl groups excluding tert-OH is 1. The van der Waals surface area contributed by atoms with Crippen LogP contribution in [0.1, 0.15) is 29.7 Å². The molecule has 0 aliphatic carbocycles. The molecule has 118 valence electrons. The van der Waals surface area contributed by atoms with Crippen molar-refractivity contribution < 1.29 is 9.84 Å². The lowest BCUT2D eigenvalue weighted by atomic mass is 10.1. The molecule has 3 heteroatoms. The summed E-state index contributed by atoms with van der Waals surface area (Å²) in [5, 5.41) is 13.4. The van der Waals surface area contributed by atoms with Crippen LogP contribution in [0.4, 0.5) is 0 Å². The first-order valence-electron chi connectivity index (χ1n) is 7.73. The molecule has 0 aromatic heterocycles. The van der Waals surface area contributed by atoms with Gasteiger partial charge < -0.3 is 15.2 Å². The maximum atomic E-state index is 10.1. The Kier molecular flexibility index (Phi) is 5.99. The highest BCUT2D eigenvalue weighted by Crippen LogP contribution is 2.20. The molecule has 3 nitrogen and oxygen atoms in total. The molecule has 0 saturated heterocycles. The number of aliphatic hydroxyl groups is 1. The minimum absolute atomic E-state index is 0.205. The molecule has 0 heterocycles. The van der Waals surface area contributed by atoms with E-state index in [4.69, 9.17) is 4.74 Å². The summed E-state index contributed by atoms with van der Waals surface area (Å²) in [4.78, 5) is 0. The fourth-order valence-electron chi connectivity index (χ4n) is 2.30. The molecule has 0 spiro atoms. The maximum Gasteiger partial charge on any atom is 0.122 e. The van der Waals surface area contributed by atoms with E-state index in [-0.39, 0.29) is 6.04 Å². The molecule has 0 aliphatic heterocycles. The molecular weight excluding hydrogens is 274 g/mol. The summed E-state index contributed by atoms with van der Waals surface area (Å²) in [5.41, 5.74) is 3.54. The summed E-state index contributed by atoms with van der Waals surface area (Å²) in [6.07, 6.45) is -0.536. The summed E-state index contributed by atoms with van der Waals surface area (Å²) in [6, 6.07) is 16.4. The molecule has 2 rings (SSSR count). The van der Waals surface area contributed by atoms with E-state index in [1.807, 2.05) is 37.3 Å². The van der Waals surface area contributed by atoms with E-state index in [1.165, 1.54) is 11.1 Å². The third-order valence-electron chi connectivity index (χ3n) is 3.95. The number of rotatable bonds is 7. The van der Waals surface area contributed by atoms with Gasteiger partial charge >= 0.3 is 0 Å². The van der Waals surface area contributed by atoms with Crippen LogP contribution >= 0.6 is 0 Å². The molecule has 0 amide bonds. The van der Waals surface area contributed by atoms with Crippen molar-refractivity contribution in [1.82, 2.24) is 5.32 Å². The first-order valence-corrected chi connectivity index (χ1v) is 7.73. The van der Waals surface area contributed by atoms with E-state index in [1.54, 1.807) is 0 Å². The fraction of sp³-hybridized carbons (Fsp3) is 0.368. The minimum Gasteiger partial charge on any atom is -0.491 e. The summed E-state index contributed by atoms with van der Waals surface area (Å²) < 4.78 is 5.73. The van der Waals surface area contributed by atoms with Crippen LogP contribution in [0.25, 0.3) is 0 Å². The first-order chi connectivity index (χ1) is 10.6. The standard InChI is InChI=1S/C19H25NO2/c1-14-8-7-11-19(15(14)2)22-13-18(21)12-20-16(3)17-9-5-4-6-10-17/h4-11,16,18,20-21H,12-13H2,1-3H3/t16-,18+/m1/s1. The van der Waals surface area contributed by atoms with E-state index in [0.717, 1.165) is 11.3 Å². The molecule has 0 bridgehead atoms. The molecular formula is C19H25NO2. The molecule has 22 heavy (non-hydrogen) atoms. The Bertz CT molecular complexity index is 583. The Morgan fingerprint density at radius 2 is 1.77 bits per heavy atom. The number of benzene rings is 2. The quantitative estimate of drug-likeness (QED) is 0.823. The maximum absolute atomic E-state index is 10.1. The predicted octanol–water partition coefficient (Wildman–Crippen LogP) is 3.39. The zero-order valence-electron chi connectivity index (χ0n) is 13.5. The highest BCUT2D eigenvalue weighted by molar-refractivity contribution is 5.38. The van der Waals surface area contributed by atoms with Crippen molar-refractivity contribution in [2.45, 2.75) is 32.9 Å². The van der Waals surface area contributed by atoms with Gasteiger partial charge in [0.25, 0.3) is 0 Å². The Morgan fingerprint density at radius 3 is 2.50 bits per heavy atom. The summed E-state index contributed by atoms with van der Waals surface area (Å²) in [6.45, 7) is 6.97. The van der Waals surface area contributed by atoms with Gasteiger partial charge in [0.15, 0.2) is 0 Å². The van der Waals surface area contributed by atoms with Crippen LogP contribution in [-0.4, -0.2) is 24.4 Å². The van der Waals surface area contributed by atoms with Crippen LogP contribution in [-0.2, 0) is 0 Å². The van der Waals surface area contributed by atoms with Gasteiger partial charge in [-0.25, -0.2) is 0 Å². The van der Waals surface area contributed by atoms with E-state index >= 15 is 0 Å². The highest BCUT2D eigenvalue weighted by atomic mass is 16.5. The number of hydrogen-bond donors (Lipinski definition) is 2. The van der Waals surface area contributed by atoms with Crippen molar-refractivity contribution in [2.75, 3.05) is 13.2 Å². The predicted molar refractivity (Wildman–Crippen MR) is 90.3 cm³/mol. The van der Waals surface area contributed by atoms with Gasteiger partial charge in [0.1, 0.15) is 18.5 Å². The first kappa shape index (κ1) is 16.5. The van der Waals surface area contributed by atoms with Crippen LogP contribution in [0.3, 0.4) is 0 Å². The van der Waals surface area contributed by atoms with Crippen molar-refractivity contribution in [2.24, 2.45) is 0 Å². The van der Waals surface area contributed by atoms with E-state index < -0.39 is 6.10 Å². The summed E-state index contributed by atoms with van der Waals surface area (Å²) in [7, 11) is 0.